The summed E-state index contributed by atoms with van der Waals surface area (Å²) in [5, 5.41) is 3.29. The molecule has 0 spiro atoms. The van der Waals surface area contributed by atoms with Crippen molar-refractivity contribution in [3.05, 3.63) is 53.6 Å². The number of nitrogens with zero attached hydrogens (tertiary/aromatic N) is 1. The number of benzene rings is 1. The lowest BCUT2D eigenvalue weighted by molar-refractivity contribution is 0.508. The van der Waals surface area contributed by atoms with Crippen molar-refractivity contribution in [1.29, 1.82) is 0 Å². The van der Waals surface area contributed by atoms with Gasteiger partial charge in [0, 0.05) is 30.9 Å². The molecule has 1 aromatic heterocycles. The van der Waals surface area contributed by atoms with Crippen molar-refractivity contribution in [1.82, 2.24) is 15.3 Å². The normalized spacial score (nSPS) is 12.6. The topological polar surface area (TPSA) is 40.7 Å². The van der Waals surface area contributed by atoms with Crippen molar-refractivity contribution in [3.63, 3.8) is 0 Å². The Morgan fingerprint density at radius 2 is 2.00 bits per heavy atom. The Labute approximate surface area is 111 Å². The maximum absolute atomic E-state index is 13.3. The maximum Gasteiger partial charge on any atom is 0.126 e. The zero-order valence-corrected chi connectivity index (χ0v) is 10.8. The Balaban J connectivity index is 2.20. The molecule has 0 amide bonds. The highest BCUT2D eigenvalue weighted by Gasteiger charge is 2.15. The van der Waals surface area contributed by atoms with Crippen LogP contribution in [0.1, 0.15) is 30.8 Å². The van der Waals surface area contributed by atoms with E-state index in [1.807, 2.05) is 6.92 Å². The first kappa shape index (κ1) is 13.7. The van der Waals surface area contributed by atoms with E-state index in [2.05, 4.69) is 15.3 Å². The lowest BCUT2D eigenvalue weighted by Gasteiger charge is -2.18. The SMILES string of the molecule is CCCNC(Cc1ncc[nH]1)c1cc(F)cc(F)c1. The first-order valence-corrected chi connectivity index (χ1v) is 6.36. The summed E-state index contributed by atoms with van der Waals surface area (Å²) in [6.07, 6.45) is 4.92. The molecule has 102 valence electrons. The second kappa shape index (κ2) is 6.43. The van der Waals surface area contributed by atoms with Gasteiger partial charge in [0.2, 0.25) is 0 Å². The van der Waals surface area contributed by atoms with Gasteiger partial charge in [-0.3, -0.25) is 0 Å². The van der Waals surface area contributed by atoms with Gasteiger partial charge in [0.15, 0.2) is 0 Å². The van der Waals surface area contributed by atoms with Gasteiger partial charge in [0.05, 0.1) is 0 Å². The number of halogens is 2. The molecule has 0 fully saturated rings. The molecule has 0 aliphatic rings. The molecule has 0 bridgehead atoms. The van der Waals surface area contributed by atoms with E-state index in [9.17, 15) is 8.78 Å². The number of hydrogen-bond donors (Lipinski definition) is 2. The number of H-pyrrole nitrogens is 1. The summed E-state index contributed by atoms with van der Waals surface area (Å²) in [7, 11) is 0. The number of imidazole rings is 1. The highest BCUT2D eigenvalue weighted by atomic mass is 19.1. The molecule has 1 unspecified atom stereocenters. The van der Waals surface area contributed by atoms with Crippen molar-refractivity contribution in [2.45, 2.75) is 25.8 Å². The number of nitrogens with one attached hydrogen (secondary N) is 2. The molecule has 3 nitrogen and oxygen atoms in total. The van der Waals surface area contributed by atoms with Gasteiger partial charge in [0.1, 0.15) is 17.5 Å². The van der Waals surface area contributed by atoms with Gasteiger partial charge in [-0.1, -0.05) is 6.92 Å². The predicted molar refractivity (Wildman–Crippen MR) is 69.7 cm³/mol. The summed E-state index contributed by atoms with van der Waals surface area (Å²) in [6, 6.07) is 3.45. The smallest absolute Gasteiger partial charge is 0.126 e. The lowest BCUT2D eigenvalue weighted by Crippen LogP contribution is -2.24. The Morgan fingerprint density at radius 1 is 1.26 bits per heavy atom. The minimum Gasteiger partial charge on any atom is -0.349 e. The van der Waals surface area contributed by atoms with E-state index in [1.54, 1.807) is 12.4 Å². The molecule has 0 aliphatic heterocycles. The van der Waals surface area contributed by atoms with Gasteiger partial charge in [-0.05, 0) is 30.7 Å². The highest BCUT2D eigenvalue weighted by molar-refractivity contribution is 5.22. The van der Waals surface area contributed by atoms with Crippen LogP contribution in [0, 0.1) is 11.6 Å². The molecule has 1 atom stereocenters. The average molecular weight is 265 g/mol. The first-order chi connectivity index (χ1) is 9.19. The van der Waals surface area contributed by atoms with Crippen LogP contribution in [-0.2, 0) is 6.42 Å². The fourth-order valence-electron chi connectivity index (χ4n) is 2.01. The van der Waals surface area contributed by atoms with Crippen LogP contribution in [0.15, 0.2) is 30.6 Å². The van der Waals surface area contributed by atoms with E-state index < -0.39 is 11.6 Å². The van der Waals surface area contributed by atoms with Crippen molar-refractivity contribution in [2.75, 3.05) is 6.54 Å². The van der Waals surface area contributed by atoms with E-state index in [0.717, 1.165) is 24.9 Å². The standard InChI is InChI=1S/C14H17F2N3/c1-2-3-17-13(9-14-18-4-5-19-14)10-6-11(15)8-12(16)7-10/h4-8,13,17H,2-3,9H2,1H3,(H,18,19). The van der Waals surface area contributed by atoms with Gasteiger partial charge in [-0.25, -0.2) is 13.8 Å². The summed E-state index contributed by atoms with van der Waals surface area (Å²) < 4.78 is 26.6. The fraction of sp³-hybridized carbons (Fsp3) is 0.357. The van der Waals surface area contributed by atoms with Gasteiger partial charge in [-0.2, -0.15) is 0 Å². The molecule has 1 heterocycles. The van der Waals surface area contributed by atoms with Crippen LogP contribution in [0.4, 0.5) is 8.78 Å². The number of aromatic nitrogens is 2. The highest BCUT2D eigenvalue weighted by Crippen LogP contribution is 2.19. The Kier molecular flexibility index (Phi) is 4.63. The van der Waals surface area contributed by atoms with Gasteiger partial charge < -0.3 is 10.3 Å². The molecular weight excluding hydrogens is 248 g/mol. The number of hydrogen-bond acceptors (Lipinski definition) is 2. The monoisotopic (exact) mass is 265 g/mol. The summed E-state index contributed by atoms with van der Waals surface area (Å²) in [5.41, 5.74) is 0.599. The van der Waals surface area contributed by atoms with Crippen LogP contribution in [-0.4, -0.2) is 16.5 Å². The first-order valence-electron chi connectivity index (χ1n) is 6.36. The predicted octanol–water partition coefficient (Wildman–Crippen LogP) is 2.97. The van der Waals surface area contributed by atoms with Crippen LogP contribution in [0.25, 0.3) is 0 Å². The molecule has 19 heavy (non-hydrogen) atoms. The minimum atomic E-state index is -0.558. The lowest BCUT2D eigenvalue weighted by atomic mass is 10.0. The van der Waals surface area contributed by atoms with Crippen LogP contribution in [0.3, 0.4) is 0 Å². The third-order valence-electron chi connectivity index (χ3n) is 2.88. The Hall–Kier alpha value is -1.75. The summed E-state index contributed by atoms with van der Waals surface area (Å²) in [4.78, 5) is 7.16. The molecule has 2 N–H and O–H groups in total. The van der Waals surface area contributed by atoms with Crippen molar-refractivity contribution >= 4 is 0 Å². The third kappa shape index (κ3) is 3.86. The second-order valence-corrected chi connectivity index (χ2v) is 4.45. The van der Waals surface area contributed by atoms with Crippen molar-refractivity contribution in [2.24, 2.45) is 0 Å². The van der Waals surface area contributed by atoms with Gasteiger partial charge >= 0.3 is 0 Å². The van der Waals surface area contributed by atoms with E-state index in [1.165, 1.54) is 12.1 Å². The zero-order chi connectivity index (χ0) is 13.7. The molecule has 0 radical (unpaired) electrons. The zero-order valence-electron chi connectivity index (χ0n) is 10.8. The average Bonchev–Trinajstić information content (AvgIpc) is 2.86. The van der Waals surface area contributed by atoms with Gasteiger partial charge in [-0.15, -0.1) is 0 Å². The maximum atomic E-state index is 13.3. The van der Waals surface area contributed by atoms with E-state index in [-0.39, 0.29) is 6.04 Å². The second-order valence-electron chi connectivity index (χ2n) is 4.45. The van der Waals surface area contributed by atoms with Crippen LogP contribution >= 0.6 is 0 Å². The summed E-state index contributed by atoms with van der Waals surface area (Å²) in [5.74, 6) is -0.325. The molecule has 1 aromatic carbocycles. The molecule has 5 heteroatoms. The third-order valence-corrected chi connectivity index (χ3v) is 2.88. The Morgan fingerprint density at radius 3 is 2.58 bits per heavy atom. The van der Waals surface area contributed by atoms with Gasteiger partial charge in [0.25, 0.3) is 0 Å². The quantitative estimate of drug-likeness (QED) is 0.843. The number of rotatable bonds is 6. The van der Waals surface area contributed by atoms with Crippen molar-refractivity contribution in [3.8, 4) is 0 Å². The van der Waals surface area contributed by atoms with Crippen molar-refractivity contribution < 1.29 is 8.78 Å². The van der Waals surface area contributed by atoms with E-state index in [4.69, 9.17) is 0 Å². The van der Waals surface area contributed by atoms with Crippen LogP contribution < -0.4 is 5.32 Å². The minimum absolute atomic E-state index is 0.156. The molecule has 2 aromatic rings. The summed E-state index contributed by atoms with van der Waals surface area (Å²) >= 11 is 0. The molecule has 0 aliphatic carbocycles. The molecular formula is C14H17F2N3. The number of aromatic amines is 1. The Bertz CT molecular complexity index is 491. The largest absolute Gasteiger partial charge is 0.349 e. The summed E-state index contributed by atoms with van der Waals surface area (Å²) in [6.45, 7) is 2.83. The van der Waals surface area contributed by atoms with Crippen LogP contribution in [0.2, 0.25) is 0 Å². The molecule has 0 saturated heterocycles. The van der Waals surface area contributed by atoms with E-state index in [0.29, 0.717) is 12.0 Å². The molecule has 0 saturated carbocycles. The fourth-order valence-corrected chi connectivity index (χ4v) is 2.01. The molecule has 2 rings (SSSR count). The van der Waals surface area contributed by atoms with E-state index >= 15 is 0 Å². The van der Waals surface area contributed by atoms with Crippen LogP contribution in [0.5, 0.6) is 0 Å².